The molecule has 2 aromatic heterocycles. The maximum absolute atomic E-state index is 5.84. The standard InChI is InChI=1S/C10H8BrClN4/c11-8-4-7(13)5-10(15-8)16-9-3-6(12)1-2-14-9/h1-5H,(H3,13,14,15,16). The van der Waals surface area contributed by atoms with Crippen molar-refractivity contribution in [3.8, 4) is 0 Å². The van der Waals surface area contributed by atoms with Crippen LogP contribution in [0.1, 0.15) is 0 Å². The summed E-state index contributed by atoms with van der Waals surface area (Å²) in [6.45, 7) is 0. The molecule has 0 fully saturated rings. The zero-order chi connectivity index (χ0) is 11.5. The highest BCUT2D eigenvalue weighted by Gasteiger charge is 2.00. The highest BCUT2D eigenvalue weighted by Crippen LogP contribution is 2.20. The summed E-state index contributed by atoms with van der Waals surface area (Å²) >= 11 is 9.10. The fourth-order valence-corrected chi connectivity index (χ4v) is 1.80. The number of nitrogen functional groups attached to an aromatic ring is 1. The minimum atomic E-state index is 0.612. The number of aromatic nitrogens is 2. The van der Waals surface area contributed by atoms with Gasteiger partial charge in [0, 0.05) is 23.0 Å². The fraction of sp³-hybridized carbons (Fsp3) is 0. The van der Waals surface area contributed by atoms with Gasteiger partial charge in [0.15, 0.2) is 0 Å². The summed E-state index contributed by atoms with van der Waals surface area (Å²) in [4.78, 5) is 8.30. The summed E-state index contributed by atoms with van der Waals surface area (Å²) in [5, 5.41) is 3.62. The van der Waals surface area contributed by atoms with Crippen molar-refractivity contribution in [1.29, 1.82) is 0 Å². The number of anilines is 3. The average Bonchev–Trinajstić information content (AvgIpc) is 2.15. The number of nitrogens with one attached hydrogen (secondary N) is 1. The lowest BCUT2D eigenvalue weighted by Crippen LogP contribution is -1.97. The van der Waals surface area contributed by atoms with E-state index in [4.69, 9.17) is 17.3 Å². The summed E-state index contributed by atoms with van der Waals surface area (Å²) in [6.07, 6.45) is 1.62. The minimum Gasteiger partial charge on any atom is -0.399 e. The van der Waals surface area contributed by atoms with Crippen molar-refractivity contribution in [2.75, 3.05) is 11.1 Å². The predicted octanol–water partition coefficient (Wildman–Crippen LogP) is 3.22. The van der Waals surface area contributed by atoms with E-state index in [9.17, 15) is 0 Å². The second-order valence-corrected chi connectivity index (χ2v) is 4.34. The van der Waals surface area contributed by atoms with Gasteiger partial charge in [-0.25, -0.2) is 9.97 Å². The van der Waals surface area contributed by atoms with Crippen LogP contribution in [-0.2, 0) is 0 Å². The first-order valence-electron chi connectivity index (χ1n) is 4.45. The molecule has 0 aliphatic rings. The Morgan fingerprint density at radius 1 is 1.25 bits per heavy atom. The van der Waals surface area contributed by atoms with Crippen LogP contribution in [0.2, 0.25) is 5.02 Å². The molecule has 0 bridgehead atoms. The Morgan fingerprint density at radius 2 is 2.06 bits per heavy atom. The number of nitrogens with zero attached hydrogens (tertiary/aromatic N) is 2. The lowest BCUT2D eigenvalue weighted by atomic mass is 10.4. The lowest BCUT2D eigenvalue weighted by molar-refractivity contribution is 1.23. The van der Waals surface area contributed by atoms with Crippen molar-refractivity contribution in [2.24, 2.45) is 0 Å². The number of pyridine rings is 2. The third kappa shape index (κ3) is 2.84. The van der Waals surface area contributed by atoms with E-state index < -0.39 is 0 Å². The van der Waals surface area contributed by atoms with Crippen LogP contribution >= 0.6 is 27.5 Å². The van der Waals surface area contributed by atoms with E-state index in [-0.39, 0.29) is 0 Å². The molecule has 0 radical (unpaired) electrons. The molecule has 0 spiro atoms. The van der Waals surface area contributed by atoms with Crippen molar-refractivity contribution in [2.45, 2.75) is 0 Å². The number of rotatable bonds is 2. The molecular formula is C10H8BrClN4. The molecule has 0 saturated carbocycles. The molecule has 0 aromatic carbocycles. The summed E-state index contributed by atoms with van der Waals surface area (Å²) in [5.41, 5.74) is 6.30. The molecule has 0 unspecified atom stereocenters. The van der Waals surface area contributed by atoms with E-state index in [2.05, 4.69) is 31.2 Å². The zero-order valence-electron chi connectivity index (χ0n) is 8.11. The van der Waals surface area contributed by atoms with E-state index >= 15 is 0 Å². The average molecular weight is 300 g/mol. The molecule has 3 N–H and O–H groups in total. The molecule has 0 saturated heterocycles. The van der Waals surface area contributed by atoms with Crippen LogP contribution in [0.3, 0.4) is 0 Å². The van der Waals surface area contributed by atoms with Gasteiger partial charge in [-0.15, -0.1) is 0 Å². The van der Waals surface area contributed by atoms with Gasteiger partial charge in [-0.05, 0) is 34.1 Å². The largest absolute Gasteiger partial charge is 0.399 e. The number of nitrogens with two attached hydrogens (primary N) is 1. The summed E-state index contributed by atoms with van der Waals surface area (Å²) in [5.74, 6) is 1.24. The molecule has 0 atom stereocenters. The molecule has 0 aliphatic carbocycles. The van der Waals surface area contributed by atoms with Crippen LogP contribution < -0.4 is 11.1 Å². The second-order valence-electron chi connectivity index (χ2n) is 3.09. The van der Waals surface area contributed by atoms with Crippen LogP contribution in [0.15, 0.2) is 35.1 Å². The number of hydrogen-bond donors (Lipinski definition) is 2. The maximum Gasteiger partial charge on any atom is 0.134 e. The first-order valence-corrected chi connectivity index (χ1v) is 5.62. The van der Waals surface area contributed by atoms with Gasteiger partial charge in [0.05, 0.1) is 0 Å². The molecule has 2 aromatic rings. The predicted molar refractivity (Wildman–Crippen MR) is 68.9 cm³/mol. The van der Waals surface area contributed by atoms with Gasteiger partial charge in [-0.3, -0.25) is 0 Å². The Balaban J connectivity index is 2.27. The van der Waals surface area contributed by atoms with E-state index in [1.165, 1.54) is 0 Å². The summed E-state index contributed by atoms with van der Waals surface area (Å²) < 4.78 is 0.664. The summed E-state index contributed by atoms with van der Waals surface area (Å²) in [7, 11) is 0. The molecule has 16 heavy (non-hydrogen) atoms. The van der Waals surface area contributed by atoms with E-state index in [1.807, 2.05) is 0 Å². The van der Waals surface area contributed by atoms with Crippen molar-refractivity contribution in [1.82, 2.24) is 9.97 Å². The zero-order valence-corrected chi connectivity index (χ0v) is 10.5. The maximum atomic E-state index is 5.84. The Hall–Kier alpha value is -1.33. The second kappa shape index (κ2) is 4.67. The summed E-state index contributed by atoms with van der Waals surface area (Å²) in [6, 6.07) is 6.85. The fourth-order valence-electron chi connectivity index (χ4n) is 1.19. The van der Waals surface area contributed by atoms with Crippen molar-refractivity contribution in [3.63, 3.8) is 0 Å². The van der Waals surface area contributed by atoms with E-state index in [0.717, 1.165) is 0 Å². The molecule has 6 heteroatoms. The van der Waals surface area contributed by atoms with Crippen molar-refractivity contribution < 1.29 is 0 Å². The Morgan fingerprint density at radius 3 is 2.75 bits per heavy atom. The number of halogens is 2. The van der Waals surface area contributed by atoms with Gasteiger partial charge in [-0.2, -0.15) is 0 Å². The van der Waals surface area contributed by atoms with Gasteiger partial charge >= 0.3 is 0 Å². The van der Waals surface area contributed by atoms with E-state index in [1.54, 1.807) is 30.5 Å². The Bertz CT molecular complexity index is 498. The first kappa shape index (κ1) is 11.2. The number of hydrogen-bond acceptors (Lipinski definition) is 4. The van der Waals surface area contributed by atoms with Gasteiger partial charge < -0.3 is 11.1 Å². The molecule has 4 nitrogen and oxygen atoms in total. The van der Waals surface area contributed by atoms with Gasteiger partial charge in [0.25, 0.3) is 0 Å². The molecular weight excluding hydrogens is 291 g/mol. The smallest absolute Gasteiger partial charge is 0.134 e. The van der Waals surface area contributed by atoms with Gasteiger partial charge in [0.1, 0.15) is 16.2 Å². The van der Waals surface area contributed by atoms with Crippen LogP contribution in [0, 0.1) is 0 Å². The molecule has 0 amide bonds. The highest BCUT2D eigenvalue weighted by molar-refractivity contribution is 9.10. The quantitative estimate of drug-likeness (QED) is 0.836. The molecule has 2 rings (SSSR count). The van der Waals surface area contributed by atoms with Crippen molar-refractivity contribution >= 4 is 44.9 Å². The topological polar surface area (TPSA) is 63.8 Å². The lowest BCUT2D eigenvalue weighted by Gasteiger charge is -2.06. The van der Waals surface area contributed by atoms with Gasteiger partial charge in [-0.1, -0.05) is 11.6 Å². The molecule has 0 aliphatic heterocycles. The van der Waals surface area contributed by atoms with Crippen LogP contribution in [0.5, 0.6) is 0 Å². The minimum absolute atomic E-state index is 0.612. The third-order valence-electron chi connectivity index (χ3n) is 1.79. The Kier molecular flexibility index (Phi) is 3.26. The normalized spacial score (nSPS) is 10.1. The Labute approximate surface area is 106 Å². The molecule has 82 valence electrons. The van der Waals surface area contributed by atoms with Crippen LogP contribution in [-0.4, -0.2) is 9.97 Å². The van der Waals surface area contributed by atoms with Gasteiger partial charge in [0.2, 0.25) is 0 Å². The monoisotopic (exact) mass is 298 g/mol. The third-order valence-corrected chi connectivity index (χ3v) is 2.44. The van der Waals surface area contributed by atoms with Crippen LogP contribution in [0.25, 0.3) is 0 Å². The van der Waals surface area contributed by atoms with Crippen molar-refractivity contribution in [3.05, 3.63) is 40.1 Å². The SMILES string of the molecule is Nc1cc(Br)nc(Nc2cc(Cl)ccn2)c1. The van der Waals surface area contributed by atoms with E-state index in [0.29, 0.717) is 26.9 Å². The van der Waals surface area contributed by atoms with Crippen LogP contribution in [0.4, 0.5) is 17.3 Å². The molecule has 2 heterocycles. The highest BCUT2D eigenvalue weighted by atomic mass is 79.9. The first-order chi connectivity index (χ1) is 7.63.